The van der Waals surface area contributed by atoms with Crippen LogP contribution in [0.4, 0.5) is 0 Å². The first-order valence-electron chi connectivity index (χ1n) is 9.55. The number of nitrogens with zero attached hydrogens (tertiary/aromatic N) is 1. The number of benzene rings is 2. The van der Waals surface area contributed by atoms with Gasteiger partial charge in [-0.15, -0.1) is 0 Å². The lowest BCUT2D eigenvalue weighted by Gasteiger charge is -2.35. The molecule has 0 saturated carbocycles. The first kappa shape index (κ1) is 20.2. The number of hydrogen-bond acceptors (Lipinski definition) is 5. The predicted octanol–water partition coefficient (Wildman–Crippen LogP) is 2.94. The van der Waals surface area contributed by atoms with Gasteiger partial charge in [0.1, 0.15) is 11.5 Å². The predicted molar refractivity (Wildman–Crippen MR) is 108 cm³/mol. The number of carbonyl (C=O) groups excluding carboxylic acids is 1. The number of carbonyl (C=O) groups is 1. The van der Waals surface area contributed by atoms with Crippen LogP contribution in [-0.4, -0.2) is 48.3 Å². The van der Waals surface area contributed by atoms with Crippen molar-refractivity contribution in [3.8, 4) is 11.5 Å². The minimum atomic E-state index is -0.336. The summed E-state index contributed by atoms with van der Waals surface area (Å²) in [7, 11) is 1.52. The number of methoxy groups -OCH3 is 1. The van der Waals surface area contributed by atoms with Crippen LogP contribution in [0.1, 0.15) is 35.3 Å². The van der Waals surface area contributed by atoms with Gasteiger partial charge in [-0.25, -0.2) is 0 Å². The van der Waals surface area contributed by atoms with Gasteiger partial charge in [0.05, 0.1) is 24.9 Å². The summed E-state index contributed by atoms with van der Waals surface area (Å²) in [5, 5.41) is 12.7. The number of rotatable bonds is 6. The van der Waals surface area contributed by atoms with E-state index >= 15 is 0 Å². The lowest BCUT2D eigenvalue weighted by Crippen LogP contribution is -2.44. The van der Waals surface area contributed by atoms with E-state index in [0.29, 0.717) is 12.3 Å². The Bertz CT molecular complexity index is 797. The number of phenols is 1. The highest BCUT2D eigenvalue weighted by Crippen LogP contribution is 2.22. The third kappa shape index (κ3) is 5.24. The smallest absolute Gasteiger partial charge is 0.255 e. The Morgan fingerprint density at radius 3 is 2.43 bits per heavy atom. The van der Waals surface area contributed by atoms with E-state index < -0.39 is 0 Å². The van der Waals surface area contributed by atoms with Gasteiger partial charge in [-0.05, 0) is 43.2 Å². The van der Waals surface area contributed by atoms with E-state index in [-0.39, 0.29) is 29.4 Å². The average molecular weight is 384 g/mol. The number of nitrogens with one attached hydrogen (secondary N) is 1. The summed E-state index contributed by atoms with van der Waals surface area (Å²) in [5.41, 5.74) is 2.44. The van der Waals surface area contributed by atoms with Crippen molar-refractivity contribution in [2.45, 2.75) is 39.1 Å². The molecule has 6 heteroatoms. The van der Waals surface area contributed by atoms with Crippen LogP contribution in [0.2, 0.25) is 0 Å². The maximum absolute atomic E-state index is 12.4. The van der Waals surface area contributed by atoms with Crippen LogP contribution >= 0.6 is 0 Å². The molecule has 0 radical (unpaired) electrons. The van der Waals surface area contributed by atoms with Gasteiger partial charge in [0, 0.05) is 26.2 Å². The van der Waals surface area contributed by atoms with Crippen molar-refractivity contribution < 1.29 is 19.4 Å². The molecule has 0 aliphatic carbocycles. The second kappa shape index (κ2) is 9.08. The zero-order chi connectivity index (χ0) is 20.1. The fourth-order valence-corrected chi connectivity index (χ4v) is 3.54. The molecule has 1 saturated heterocycles. The topological polar surface area (TPSA) is 71.0 Å². The van der Waals surface area contributed by atoms with E-state index in [4.69, 9.17) is 9.47 Å². The Hall–Kier alpha value is -2.57. The minimum absolute atomic E-state index is 0.0670. The van der Waals surface area contributed by atoms with E-state index in [9.17, 15) is 9.90 Å². The quantitative estimate of drug-likeness (QED) is 0.801. The van der Waals surface area contributed by atoms with Crippen molar-refractivity contribution in [1.82, 2.24) is 10.2 Å². The van der Waals surface area contributed by atoms with E-state index in [0.717, 1.165) is 25.2 Å². The van der Waals surface area contributed by atoms with Crippen LogP contribution in [-0.2, 0) is 17.8 Å². The molecule has 0 spiro atoms. The number of amides is 1. The van der Waals surface area contributed by atoms with Crippen LogP contribution in [0.3, 0.4) is 0 Å². The molecule has 0 aromatic heterocycles. The molecular weight excluding hydrogens is 356 g/mol. The Kier molecular flexibility index (Phi) is 6.54. The summed E-state index contributed by atoms with van der Waals surface area (Å²) < 4.78 is 10.9. The number of hydrogen-bond donors (Lipinski definition) is 2. The van der Waals surface area contributed by atoms with Gasteiger partial charge in [0.2, 0.25) is 0 Å². The van der Waals surface area contributed by atoms with Crippen LogP contribution in [0.25, 0.3) is 0 Å². The van der Waals surface area contributed by atoms with E-state index in [1.165, 1.54) is 24.8 Å². The molecule has 0 bridgehead atoms. The lowest BCUT2D eigenvalue weighted by atomic mass is 10.1. The Morgan fingerprint density at radius 1 is 1.14 bits per heavy atom. The van der Waals surface area contributed by atoms with Crippen molar-refractivity contribution >= 4 is 5.91 Å². The fourth-order valence-electron chi connectivity index (χ4n) is 3.54. The molecule has 150 valence electrons. The molecule has 2 aromatic rings. The molecule has 1 aliphatic rings. The molecule has 2 N–H and O–H groups in total. The summed E-state index contributed by atoms with van der Waals surface area (Å²) in [6, 6.07) is 12.8. The first-order chi connectivity index (χ1) is 13.4. The second-order valence-electron chi connectivity index (χ2n) is 7.33. The molecule has 1 fully saturated rings. The molecule has 1 heterocycles. The summed E-state index contributed by atoms with van der Waals surface area (Å²) >= 11 is 0. The minimum Gasteiger partial charge on any atom is -0.507 e. The van der Waals surface area contributed by atoms with Crippen LogP contribution < -0.4 is 10.1 Å². The highest BCUT2D eigenvalue weighted by atomic mass is 16.5. The Morgan fingerprint density at radius 2 is 1.79 bits per heavy atom. The maximum Gasteiger partial charge on any atom is 0.255 e. The standard InChI is InChI=1S/C22H28N2O4/c1-15-12-24(13-16(2)28-15)14-18-6-4-17(5-7-18)11-23-22(26)20-10-19(27-3)8-9-21(20)25/h4-10,15-16,25H,11-14H2,1-3H3,(H,23,26). The molecule has 2 aromatic carbocycles. The summed E-state index contributed by atoms with van der Waals surface area (Å²) in [6.07, 6.45) is 0.512. The average Bonchev–Trinajstić information content (AvgIpc) is 2.67. The van der Waals surface area contributed by atoms with Gasteiger partial charge in [0.15, 0.2) is 0 Å². The van der Waals surface area contributed by atoms with Gasteiger partial charge in [0.25, 0.3) is 5.91 Å². The summed E-state index contributed by atoms with van der Waals surface area (Å²) in [4.78, 5) is 14.8. The van der Waals surface area contributed by atoms with Crippen molar-refractivity contribution in [2.75, 3.05) is 20.2 Å². The normalized spacial score (nSPS) is 20.0. The molecule has 6 nitrogen and oxygen atoms in total. The molecular formula is C22H28N2O4. The third-order valence-corrected chi connectivity index (χ3v) is 4.83. The molecule has 2 atom stereocenters. The zero-order valence-corrected chi connectivity index (χ0v) is 16.6. The van der Waals surface area contributed by atoms with Crippen molar-refractivity contribution in [3.63, 3.8) is 0 Å². The molecule has 2 unspecified atom stereocenters. The highest BCUT2D eigenvalue weighted by molar-refractivity contribution is 5.97. The van der Waals surface area contributed by atoms with E-state index in [2.05, 4.69) is 36.2 Å². The molecule has 1 aliphatic heterocycles. The molecule has 1 amide bonds. The van der Waals surface area contributed by atoms with Gasteiger partial charge in [-0.3, -0.25) is 9.69 Å². The number of aromatic hydroxyl groups is 1. The first-order valence-corrected chi connectivity index (χ1v) is 9.55. The summed E-state index contributed by atoms with van der Waals surface area (Å²) in [6.45, 7) is 7.37. The maximum atomic E-state index is 12.4. The van der Waals surface area contributed by atoms with Gasteiger partial charge < -0.3 is 19.9 Å². The van der Waals surface area contributed by atoms with E-state index in [1.807, 2.05) is 12.1 Å². The zero-order valence-electron chi connectivity index (χ0n) is 16.6. The van der Waals surface area contributed by atoms with Crippen molar-refractivity contribution in [1.29, 1.82) is 0 Å². The largest absolute Gasteiger partial charge is 0.507 e. The monoisotopic (exact) mass is 384 g/mol. The number of phenolic OH excluding ortho intramolecular Hbond substituents is 1. The Labute approximate surface area is 166 Å². The van der Waals surface area contributed by atoms with E-state index in [1.54, 1.807) is 6.07 Å². The van der Waals surface area contributed by atoms with Crippen molar-refractivity contribution in [2.24, 2.45) is 0 Å². The molecule has 3 rings (SSSR count). The van der Waals surface area contributed by atoms with Crippen LogP contribution in [0.15, 0.2) is 42.5 Å². The molecule has 28 heavy (non-hydrogen) atoms. The number of morpholine rings is 1. The van der Waals surface area contributed by atoms with Gasteiger partial charge in [-0.2, -0.15) is 0 Å². The van der Waals surface area contributed by atoms with Crippen LogP contribution in [0, 0.1) is 0 Å². The van der Waals surface area contributed by atoms with Gasteiger partial charge in [-0.1, -0.05) is 24.3 Å². The number of ether oxygens (including phenoxy) is 2. The third-order valence-electron chi connectivity index (χ3n) is 4.83. The van der Waals surface area contributed by atoms with Crippen molar-refractivity contribution in [3.05, 3.63) is 59.2 Å². The highest BCUT2D eigenvalue weighted by Gasteiger charge is 2.22. The van der Waals surface area contributed by atoms with Gasteiger partial charge >= 0.3 is 0 Å². The second-order valence-corrected chi connectivity index (χ2v) is 7.33. The summed E-state index contributed by atoms with van der Waals surface area (Å²) in [5.74, 6) is 0.124. The SMILES string of the molecule is COc1ccc(O)c(C(=O)NCc2ccc(CN3CC(C)OC(C)C3)cc2)c1. The van der Waals surface area contributed by atoms with Crippen LogP contribution in [0.5, 0.6) is 11.5 Å². The lowest BCUT2D eigenvalue weighted by molar-refractivity contribution is -0.0704. The Balaban J connectivity index is 1.55. The fraction of sp³-hybridized carbons (Fsp3) is 0.409.